The van der Waals surface area contributed by atoms with Crippen molar-refractivity contribution in [2.75, 3.05) is 13.2 Å². The quantitative estimate of drug-likeness (QED) is 0.339. The Bertz CT molecular complexity index is 1060. The van der Waals surface area contributed by atoms with Gasteiger partial charge in [-0.3, -0.25) is 0 Å². The molecular weight excluding hydrogens is 439 g/mol. The zero-order chi connectivity index (χ0) is 23.7. The molecule has 178 valence electrons. The van der Waals surface area contributed by atoms with Gasteiger partial charge < -0.3 is 9.47 Å². The molecule has 1 unspecified atom stereocenters. The van der Waals surface area contributed by atoms with Crippen LogP contribution in [0.1, 0.15) is 50.2 Å². The molecular formula is C26H27F5O2. The van der Waals surface area contributed by atoms with E-state index in [1.807, 2.05) is 6.08 Å². The van der Waals surface area contributed by atoms with Gasteiger partial charge in [-0.25, -0.2) is 22.0 Å². The molecule has 0 saturated carbocycles. The number of allylic oxidation sites excluding steroid dienone is 2. The molecule has 33 heavy (non-hydrogen) atoms. The summed E-state index contributed by atoms with van der Waals surface area (Å²) in [5, 5.41) is 0. The van der Waals surface area contributed by atoms with Crippen molar-refractivity contribution >= 4 is 5.57 Å². The molecule has 0 aromatic heterocycles. The van der Waals surface area contributed by atoms with E-state index >= 15 is 0 Å². The van der Waals surface area contributed by atoms with Crippen molar-refractivity contribution in [3.63, 3.8) is 0 Å². The van der Waals surface area contributed by atoms with Gasteiger partial charge in [0.1, 0.15) is 0 Å². The Hall–Kier alpha value is -2.25. The van der Waals surface area contributed by atoms with Gasteiger partial charge >= 0.3 is 0 Å². The van der Waals surface area contributed by atoms with Crippen LogP contribution in [0.5, 0.6) is 0 Å². The minimum absolute atomic E-state index is 0.115. The lowest BCUT2D eigenvalue weighted by Gasteiger charge is -2.35. The molecule has 1 saturated heterocycles. The van der Waals surface area contributed by atoms with E-state index in [4.69, 9.17) is 9.47 Å². The third kappa shape index (κ3) is 4.71. The summed E-state index contributed by atoms with van der Waals surface area (Å²) in [5.41, 5.74) is -0.0363. The number of ether oxygens (including phenoxy) is 2. The van der Waals surface area contributed by atoms with Crippen LogP contribution in [-0.4, -0.2) is 19.5 Å². The Morgan fingerprint density at radius 2 is 1.55 bits per heavy atom. The molecule has 0 radical (unpaired) electrons. The molecule has 0 amide bonds. The van der Waals surface area contributed by atoms with Gasteiger partial charge in [0.2, 0.25) is 0 Å². The summed E-state index contributed by atoms with van der Waals surface area (Å²) in [6.45, 7) is 4.68. The lowest BCUT2D eigenvalue weighted by molar-refractivity contribution is -0.225. The highest BCUT2D eigenvalue weighted by Gasteiger charge is 2.31. The Kier molecular flexibility index (Phi) is 7.19. The molecule has 1 heterocycles. The predicted molar refractivity (Wildman–Crippen MR) is 116 cm³/mol. The SMILES string of the molecule is CCCC1COC(C2CC=C(c3ccc(-c4cc(F)c(F)c(F)c4C)c(F)c3F)CC2)OC1. The summed E-state index contributed by atoms with van der Waals surface area (Å²) in [4.78, 5) is 0. The first-order valence-corrected chi connectivity index (χ1v) is 11.4. The average molecular weight is 466 g/mol. The lowest BCUT2D eigenvalue weighted by atomic mass is 9.85. The van der Waals surface area contributed by atoms with Crippen molar-refractivity contribution < 1.29 is 31.4 Å². The largest absolute Gasteiger partial charge is 0.352 e. The first-order valence-electron chi connectivity index (χ1n) is 11.4. The highest BCUT2D eigenvalue weighted by Crippen LogP contribution is 2.38. The molecule has 0 spiro atoms. The van der Waals surface area contributed by atoms with Crippen LogP contribution in [0.4, 0.5) is 22.0 Å². The summed E-state index contributed by atoms with van der Waals surface area (Å²) in [7, 11) is 0. The minimum atomic E-state index is -1.64. The van der Waals surface area contributed by atoms with Crippen LogP contribution in [0, 0.1) is 47.8 Å². The van der Waals surface area contributed by atoms with E-state index < -0.39 is 29.1 Å². The molecule has 1 aliphatic carbocycles. The molecule has 0 N–H and O–H groups in total. The molecule has 0 bridgehead atoms. The lowest BCUT2D eigenvalue weighted by Crippen LogP contribution is -2.37. The van der Waals surface area contributed by atoms with Crippen LogP contribution in [-0.2, 0) is 9.47 Å². The van der Waals surface area contributed by atoms with Crippen molar-refractivity contribution in [3.8, 4) is 11.1 Å². The van der Waals surface area contributed by atoms with Gasteiger partial charge in [0, 0.05) is 23.0 Å². The molecule has 2 aliphatic rings. The van der Waals surface area contributed by atoms with Crippen LogP contribution in [0.3, 0.4) is 0 Å². The van der Waals surface area contributed by atoms with Crippen LogP contribution in [0.25, 0.3) is 16.7 Å². The summed E-state index contributed by atoms with van der Waals surface area (Å²) in [6, 6.07) is 3.37. The fourth-order valence-electron chi connectivity index (χ4n) is 4.72. The van der Waals surface area contributed by atoms with E-state index in [1.165, 1.54) is 19.1 Å². The fraction of sp³-hybridized carbons (Fsp3) is 0.462. The van der Waals surface area contributed by atoms with Crippen LogP contribution >= 0.6 is 0 Å². The minimum Gasteiger partial charge on any atom is -0.352 e. The first-order chi connectivity index (χ1) is 15.8. The molecule has 2 nitrogen and oxygen atoms in total. The zero-order valence-corrected chi connectivity index (χ0v) is 18.7. The summed E-state index contributed by atoms with van der Waals surface area (Å²) in [6.07, 6.45) is 5.60. The standard InChI is InChI=1S/C26H27F5O2/c1-3-4-15-12-32-26(33-13-15)17-7-5-16(6-8-17)18-9-10-19(24(30)23(18)29)20-11-21(27)25(31)22(28)14(20)2/h5,9-11,15,17,26H,3-4,6-8,12-13H2,1-2H3. The maximum atomic E-state index is 15.0. The van der Waals surface area contributed by atoms with E-state index in [0.29, 0.717) is 50.0 Å². The van der Waals surface area contributed by atoms with Crippen molar-refractivity contribution in [3.05, 3.63) is 64.5 Å². The normalized spacial score (nSPS) is 23.5. The summed E-state index contributed by atoms with van der Waals surface area (Å²) in [5.74, 6) is -6.24. The van der Waals surface area contributed by atoms with Gasteiger partial charge in [0.25, 0.3) is 0 Å². The zero-order valence-electron chi connectivity index (χ0n) is 18.7. The van der Waals surface area contributed by atoms with Gasteiger partial charge in [-0.05, 0) is 55.4 Å². The van der Waals surface area contributed by atoms with Gasteiger partial charge in [0.05, 0.1) is 13.2 Å². The van der Waals surface area contributed by atoms with E-state index in [1.54, 1.807) is 0 Å². The Labute approximate surface area is 190 Å². The molecule has 1 fully saturated rings. The van der Waals surface area contributed by atoms with Gasteiger partial charge in [0.15, 0.2) is 35.4 Å². The molecule has 2 aromatic rings. The summed E-state index contributed by atoms with van der Waals surface area (Å²) >= 11 is 0. The number of halogens is 5. The monoisotopic (exact) mass is 466 g/mol. The first kappa shape index (κ1) is 23.9. The van der Waals surface area contributed by atoms with Crippen molar-refractivity contribution in [1.82, 2.24) is 0 Å². The highest BCUT2D eigenvalue weighted by molar-refractivity contribution is 5.73. The topological polar surface area (TPSA) is 18.5 Å². The van der Waals surface area contributed by atoms with E-state index in [9.17, 15) is 22.0 Å². The van der Waals surface area contributed by atoms with Crippen LogP contribution in [0.15, 0.2) is 24.3 Å². The molecule has 2 aromatic carbocycles. The van der Waals surface area contributed by atoms with Crippen LogP contribution < -0.4 is 0 Å². The van der Waals surface area contributed by atoms with Crippen molar-refractivity contribution in [2.45, 2.75) is 52.2 Å². The summed E-state index contributed by atoms with van der Waals surface area (Å²) < 4.78 is 82.8. The van der Waals surface area contributed by atoms with Crippen molar-refractivity contribution in [2.24, 2.45) is 11.8 Å². The second kappa shape index (κ2) is 9.94. The Morgan fingerprint density at radius 1 is 0.879 bits per heavy atom. The van der Waals surface area contributed by atoms with Gasteiger partial charge in [-0.15, -0.1) is 0 Å². The highest BCUT2D eigenvalue weighted by atomic mass is 19.2. The van der Waals surface area contributed by atoms with Crippen LogP contribution in [0.2, 0.25) is 0 Å². The molecule has 1 aliphatic heterocycles. The predicted octanol–water partition coefficient (Wildman–Crippen LogP) is 7.33. The average Bonchev–Trinajstić information content (AvgIpc) is 2.83. The second-order valence-electron chi connectivity index (χ2n) is 8.90. The third-order valence-electron chi connectivity index (χ3n) is 6.65. The Balaban J connectivity index is 1.52. The molecule has 7 heteroatoms. The van der Waals surface area contributed by atoms with Gasteiger partial charge in [-0.2, -0.15) is 0 Å². The van der Waals surface area contributed by atoms with E-state index in [0.717, 1.165) is 12.8 Å². The maximum Gasteiger partial charge on any atom is 0.194 e. The number of hydrogen-bond donors (Lipinski definition) is 0. The smallest absolute Gasteiger partial charge is 0.194 e. The number of rotatable bonds is 5. The Morgan fingerprint density at radius 3 is 2.18 bits per heavy atom. The van der Waals surface area contributed by atoms with E-state index in [-0.39, 0.29) is 34.5 Å². The molecule has 1 atom stereocenters. The molecule has 4 rings (SSSR count). The van der Waals surface area contributed by atoms with Crippen molar-refractivity contribution in [1.29, 1.82) is 0 Å². The number of hydrogen-bond acceptors (Lipinski definition) is 2. The van der Waals surface area contributed by atoms with E-state index in [2.05, 4.69) is 6.92 Å². The third-order valence-corrected chi connectivity index (χ3v) is 6.65. The number of benzene rings is 2. The fourth-order valence-corrected chi connectivity index (χ4v) is 4.72. The second-order valence-corrected chi connectivity index (χ2v) is 8.90. The van der Waals surface area contributed by atoms with Gasteiger partial charge in [-0.1, -0.05) is 31.6 Å². The maximum absolute atomic E-state index is 15.0.